The van der Waals surface area contributed by atoms with E-state index in [-0.39, 0.29) is 0 Å². The van der Waals surface area contributed by atoms with Gasteiger partial charge in [0, 0.05) is 12.6 Å². The van der Waals surface area contributed by atoms with Crippen molar-refractivity contribution in [3.63, 3.8) is 0 Å². The monoisotopic (exact) mass is 306 g/mol. The van der Waals surface area contributed by atoms with Crippen molar-refractivity contribution in [2.45, 2.75) is 45.2 Å². The smallest absolute Gasteiger partial charge is 0.129 e. The van der Waals surface area contributed by atoms with Crippen LogP contribution in [0, 0.1) is 5.92 Å². The van der Waals surface area contributed by atoms with Crippen molar-refractivity contribution in [2.24, 2.45) is 11.7 Å². The van der Waals surface area contributed by atoms with E-state index in [9.17, 15) is 0 Å². The molecule has 2 rings (SSSR count). The SMILES string of the molecule is COc1ccc(CN(C)C2CCCC(C)C2)cc1C(N)=S. The van der Waals surface area contributed by atoms with Gasteiger partial charge >= 0.3 is 0 Å². The highest BCUT2D eigenvalue weighted by Gasteiger charge is 2.22. The number of methoxy groups -OCH3 is 1. The number of ether oxygens (including phenoxy) is 1. The Morgan fingerprint density at radius 2 is 2.19 bits per heavy atom. The van der Waals surface area contributed by atoms with E-state index in [0.29, 0.717) is 11.0 Å². The molecule has 4 heteroatoms. The average molecular weight is 306 g/mol. The summed E-state index contributed by atoms with van der Waals surface area (Å²) in [6.07, 6.45) is 5.32. The van der Waals surface area contributed by atoms with Crippen LogP contribution in [0.25, 0.3) is 0 Å². The van der Waals surface area contributed by atoms with Gasteiger partial charge in [-0.2, -0.15) is 0 Å². The summed E-state index contributed by atoms with van der Waals surface area (Å²) in [5.41, 5.74) is 7.85. The lowest BCUT2D eigenvalue weighted by Crippen LogP contribution is -2.35. The minimum Gasteiger partial charge on any atom is -0.496 e. The molecule has 0 bridgehead atoms. The third-order valence-corrected chi connectivity index (χ3v) is 4.71. The largest absolute Gasteiger partial charge is 0.496 e. The van der Waals surface area contributed by atoms with Crippen molar-refractivity contribution in [1.29, 1.82) is 0 Å². The van der Waals surface area contributed by atoms with Crippen molar-refractivity contribution in [3.8, 4) is 5.75 Å². The van der Waals surface area contributed by atoms with E-state index in [1.807, 2.05) is 6.07 Å². The van der Waals surface area contributed by atoms with Gasteiger partial charge in [-0.3, -0.25) is 4.90 Å². The van der Waals surface area contributed by atoms with E-state index >= 15 is 0 Å². The van der Waals surface area contributed by atoms with E-state index in [2.05, 4.69) is 31.0 Å². The van der Waals surface area contributed by atoms with Crippen molar-refractivity contribution in [1.82, 2.24) is 4.90 Å². The first-order valence-corrected chi connectivity index (χ1v) is 8.09. The molecule has 21 heavy (non-hydrogen) atoms. The van der Waals surface area contributed by atoms with Gasteiger partial charge in [0.1, 0.15) is 10.7 Å². The summed E-state index contributed by atoms with van der Waals surface area (Å²) in [6.45, 7) is 3.29. The summed E-state index contributed by atoms with van der Waals surface area (Å²) in [4.78, 5) is 2.85. The van der Waals surface area contributed by atoms with Gasteiger partial charge in [-0.25, -0.2) is 0 Å². The molecule has 0 amide bonds. The van der Waals surface area contributed by atoms with Crippen LogP contribution in [0.4, 0.5) is 0 Å². The summed E-state index contributed by atoms with van der Waals surface area (Å²) in [7, 11) is 3.86. The first-order chi connectivity index (χ1) is 10.0. The van der Waals surface area contributed by atoms with Gasteiger partial charge in [-0.15, -0.1) is 0 Å². The predicted molar refractivity (Wildman–Crippen MR) is 91.8 cm³/mol. The minimum absolute atomic E-state index is 0.391. The molecule has 0 spiro atoms. The van der Waals surface area contributed by atoms with E-state index < -0.39 is 0 Å². The molecular formula is C17H26N2OS. The molecule has 2 unspecified atom stereocenters. The topological polar surface area (TPSA) is 38.5 Å². The molecule has 1 aromatic rings. The highest BCUT2D eigenvalue weighted by Crippen LogP contribution is 2.28. The summed E-state index contributed by atoms with van der Waals surface area (Å²) in [5, 5.41) is 0. The molecule has 0 heterocycles. The van der Waals surface area contributed by atoms with E-state index in [1.165, 1.54) is 31.2 Å². The second-order valence-corrected chi connectivity index (χ2v) is 6.68. The number of nitrogens with zero attached hydrogens (tertiary/aromatic N) is 1. The maximum atomic E-state index is 5.79. The van der Waals surface area contributed by atoms with Crippen LogP contribution in [0.5, 0.6) is 5.75 Å². The van der Waals surface area contributed by atoms with Gasteiger partial charge in [0.15, 0.2) is 0 Å². The Bertz CT molecular complexity index is 504. The lowest BCUT2D eigenvalue weighted by atomic mass is 9.86. The molecule has 1 aromatic carbocycles. The Hall–Kier alpha value is -1.13. The zero-order valence-electron chi connectivity index (χ0n) is 13.3. The van der Waals surface area contributed by atoms with Crippen LogP contribution in [-0.4, -0.2) is 30.1 Å². The Morgan fingerprint density at radius 1 is 1.43 bits per heavy atom. The van der Waals surface area contributed by atoms with Gasteiger partial charge < -0.3 is 10.5 Å². The van der Waals surface area contributed by atoms with Crippen LogP contribution in [0.15, 0.2) is 18.2 Å². The molecule has 0 aromatic heterocycles. The highest BCUT2D eigenvalue weighted by atomic mass is 32.1. The third-order valence-electron chi connectivity index (χ3n) is 4.49. The predicted octanol–water partition coefficient (Wildman–Crippen LogP) is 3.34. The summed E-state index contributed by atoms with van der Waals surface area (Å²) < 4.78 is 5.32. The van der Waals surface area contributed by atoms with Crippen LogP contribution in [0.3, 0.4) is 0 Å². The molecule has 1 saturated carbocycles. The van der Waals surface area contributed by atoms with Gasteiger partial charge in [0.05, 0.1) is 12.7 Å². The summed E-state index contributed by atoms with van der Waals surface area (Å²) in [6, 6.07) is 6.80. The van der Waals surface area contributed by atoms with Crippen LogP contribution < -0.4 is 10.5 Å². The molecule has 3 nitrogen and oxygen atoms in total. The van der Waals surface area contributed by atoms with E-state index in [1.54, 1.807) is 7.11 Å². The summed E-state index contributed by atoms with van der Waals surface area (Å²) in [5.74, 6) is 1.59. The normalized spacial score (nSPS) is 22.3. The quantitative estimate of drug-likeness (QED) is 0.847. The highest BCUT2D eigenvalue weighted by molar-refractivity contribution is 7.80. The van der Waals surface area contributed by atoms with Gasteiger partial charge in [-0.05, 0) is 43.5 Å². The third kappa shape index (κ3) is 4.17. The van der Waals surface area contributed by atoms with Crippen LogP contribution >= 0.6 is 12.2 Å². The number of benzene rings is 1. The van der Waals surface area contributed by atoms with Crippen LogP contribution in [0.1, 0.15) is 43.7 Å². The van der Waals surface area contributed by atoms with Gasteiger partial charge in [0.2, 0.25) is 0 Å². The first kappa shape index (κ1) is 16.2. The molecule has 1 fully saturated rings. The number of nitrogens with two attached hydrogens (primary N) is 1. The second-order valence-electron chi connectivity index (χ2n) is 6.24. The Morgan fingerprint density at radius 3 is 2.81 bits per heavy atom. The number of thiocarbonyl (C=S) groups is 1. The van der Waals surface area contributed by atoms with Gasteiger partial charge in [0.25, 0.3) is 0 Å². The van der Waals surface area contributed by atoms with Crippen LogP contribution in [-0.2, 0) is 6.54 Å². The van der Waals surface area contributed by atoms with Gasteiger partial charge in [-0.1, -0.05) is 38.0 Å². The first-order valence-electron chi connectivity index (χ1n) is 7.68. The van der Waals surface area contributed by atoms with Crippen molar-refractivity contribution < 1.29 is 4.74 Å². The Labute approximate surface area is 133 Å². The zero-order valence-corrected chi connectivity index (χ0v) is 14.1. The van der Waals surface area contributed by atoms with Crippen molar-refractivity contribution >= 4 is 17.2 Å². The van der Waals surface area contributed by atoms with E-state index in [4.69, 9.17) is 22.7 Å². The molecule has 1 aliphatic rings. The maximum absolute atomic E-state index is 5.79. The fourth-order valence-corrected chi connectivity index (χ4v) is 3.43. The lowest BCUT2D eigenvalue weighted by molar-refractivity contribution is 0.157. The van der Waals surface area contributed by atoms with E-state index in [0.717, 1.165) is 23.8 Å². The fourth-order valence-electron chi connectivity index (χ4n) is 3.27. The molecule has 0 radical (unpaired) electrons. The van der Waals surface area contributed by atoms with Crippen molar-refractivity contribution in [2.75, 3.05) is 14.2 Å². The number of hydrogen-bond donors (Lipinski definition) is 1. The van der Waals surface area contributed by atoms with Crippen LogP contribution in [0.2, 0.25) is 0 Å². The molecule has 0 aliphatic heterocycles. The number of hydrogen-bond acceptors (Lipinski definition) is 3. The molecular weight excluding hydrogens is 280 g/mol. The standard InChI is InChI=1S/C17H26N2OS/c1-12-5-4-6-14(9-12)19(2)11-13-7-8-16(20-3)15(10-13)17(18)21/h7-8,10,12,14H,4-6,9,11H2,1-3H3,(H2,18,21). The van der Waals surface area contributed by atoms with Crippen molar-refractivity contribution in [3.05, 3.63) is 29.3 Å². The summed E-state index contributed by atoms with van der Waals surface area (Å²) >= 11 is 5.11. The zero-order chi connectivity index (χ0) is 15.4. The molecule has 2 N–H and O–H groups in total. The average Bonchev–Trinajstić information content (AvgIpc) is 2.47. The molecule has 116 valence electrons. The fraction of sp³-hybridized carbons (Fsp3) is 0.588. The Kier molecular flexibility index (Phi) is 5.59. The Balaban J connectivity index is 2.08. The number of rotatable bonds is 5. The second kappa shape index (κ2) is 7.23. The molecule has 0 saturated heterocycles. The lowest BCUT2D eigenvalue weighted by Gasteiger charge is -2.34. The maximum Gasteiger partial charge on any atom is 0.129 e. The molecule has 2 atom stereocenters. The minimum atomic E-state index is 0.391. The molecule has 1 aliphatic carbocycles.